The van der Waals surface area contributed by atoms with Crippen LogP contribution in [0.5, 0.6) is 0 Å². The van der Waals surface area contributed by atoms with Crippen molar-refractivity contribution in [2.45, 2.75) is 6.92 Å². The van der Waals surface area contributed by atoms with Gasteiger partial charge in [-0.15, -0.1) is 11.3 Å². The molecule has 53 heavy (non-hydrogen) atoms. The molecule has 8 aromatic carbocycles. The van der Waals surface area contributed by atoms with E-state index in [-0.39, 0.29) is 0 Å². The lowest BCUT2D eigenvalue weighted by Crippen LogP contribution is -1.93. The Labute approximate surface area is 312 Å². The summed E-state index contributed by atoms with van der Waals surface area (Å²) in [7, 11) is 0. The maximum atomic E-state index is 5.58. The van der Waals surface area contributed by atoms with Crippen molar-refractivity contribution in [3.8, 4) is 33.4 Å². The predicted molar refractivity (Wildman–Crippen MR) is 231 cm³/mol. The molecule has 0 saturated carbocycles. The molecule has 0 unspecified atom stereocenters. The largest absolute Gasteiger partial charge is 0.472 e. The van der Waals surface area contributed by atoms with Gasteiger partial charge in [-0.1, -0.05) is 152 Å². The third-order valence-electron chi connectivity index (χ3n) is 10.7. The number of furan rings is 1. The van der Waals surface area contributed by atoms with Crippen molar-refractivity contribution >= 4 is 80.2 Å². The van der Waals surface area contributed by atoms with E-state index in [2.05, 4.69) is 165 Å². The van der Waals surface area contributed by atoms with Crippen molar-refractivity contribution in [2.75, 3.05) is 0 Å². The van der Waals surface area contributed by atoms with E-state index >= 15 is 0 Å². The van der Waals surface area contributed by atoms with Gasteiger partial charge in [-0.25, -0.2) is 0 Å². The van der Waals surface area contributed by atoms with Gasteiger partial charge < -0.3 is 4.42 Å². The summed E-state index contributed by atoms with van der Waals surface area (Å²) in [6, 6.07) is 51.4. The number of fused-ring (bicyclic) bond motifs is 7. The summed E-state index contributed by atoms with van der Waals surface area (Å²) >= 11 is 1.89. The maximum absolute atomic E-state index is 5.58. The Morgan fingerprint density at radius 1 is 0.547 bits per heavy atom. The summed E-state index contributed by atoms with van der Waals surface area (Å²) in [6.45, 7) is 6.05. The molecular weight excluding hydrogens is 661 g/mol. The molecule has 0 radical (unpaired) electrons. The Bertz CT molecular complexity index is 3020. The second-order valence-corrected chi connectivity index (χ2v) is 14.6. The lowest BCUT2D eigenvalue weighted by atomic mass is 9.85. The average molecular weight is 695 g/mol. The fourth-order valence-corrected chi connectivity index (χ4v) is 9.74. The predicted octanol–water partition coefficient (Wildman–Crippen LogP) is 15.4. The normalized spacial score (nSPS) is 12.4. The summed E-state index contributed by atoms with van der Waals surface area (Å²) in [5.41, 5.74) is 9.80. The van der Waals surface area contributed by atoms with Gasteiger partial charge in [0.15, 0.2) is 0 Å². The number of rotatable bonds is 6. The van der Waals surface area contributed by atoms with Crippen LogP contribution < -0.4 is 0 Å². The number of thiophene rings is 1. The summed E-state index contributed by atoms with van der Waals surface area (Å²) in [4.78, 5) is 0. The SMILES string of the molecule is C=C/C=C\C(=C/C)c1c2ccccc2c(-c2cccc3c2sc2ccc(-c4c5ccccc5c(-c5ccoc5)c5ccccc45)cc23)c2ccccc12. The van der Waals surface area contributed by atoms with E-state index in [9.17, 15) is 0 Å². The second-order valence-electron chi connectivity index (χ2n) is 13.5. The standard InChI is InChI=1S/C51H34OS/c1-3-5-15-32(4-2)47-39-20-10-12-22-41(39)50(42-23-13-11-21-40(42)47)44-25-14-24-43-45-30-33(26-27-46(45)53-51(43)44)48-35-16-6-8-18-37(35)49(34-28-29-52-31-34)38-19-9-7-17-36(38)48/h3-31H,1H2,2H3/b15-5-,32-4+. The fourth-order valence-electron chi connectivity index (χ4n) is 8.53. The molecule has 0 aliphatic rings. The Hall–Kier alpha value is -6.48. The highest BCUT2D eigenvalue weighted by molar-refractivity contribution is 7.26. The molecule has 0 atom stereocenters. The van der Waals surface area contributed by atoms with Crippen LogP contribution in [0.4, 0.5) is 0 Å². The van der Waals surface area contributed by atoms with Crippen molar-refractivity contribution in [3.63, 3.8) is 0 Å². The lowest BCUT2D eigenvalue weighted by Gasteiger charge is -2.18. The van der Waals surface area contributed by atoms with Crippen molar-refractivity contribution in [2.24, 2.45) is 0 Å². The molecule has 0 N–H and O–H groups in total. The molecular formula is C51H34OS. The Morgan fingerprint density at radius 2 is 1.09 bits per heavy atom. The van der Waals surface area contributed by atoms with Crippen LogP contribution in [-0.2, 0) is 0 Å². The van der Waals surface area contributed by atoms with Gasteiger partial charge in [0.1, 0.15) is 0 Å². The summed E-state index contributed by atoms with van der Waals surface area (Å²) in [6.07, 6.45) is 11.9. The van der Waals surface area contributed by atoms with E-state index in [1.165, 1.54) is 102 Å². The Morgan fingerprint density at radius 3 is 1.64 bits per heavy atom. The number of benzene rings is 8. The third-order valence-corrected chi connectivity index (χ3v) is 12.0. The van der Waals surface area contributed by atoms with E-state index in [0.717, 1.165) is 5.56 Å². The zero-order valence-corrected chi connectivity index (χ0v) is 30.1. The van der Waals surface area contributed by atoms with Crippen LogP contribution in [0.15, 0.2) is 187 Å². The molecule has 2 heterocycles. The zero-order valence-electron chi connectivity index (χ0n) is 29.3. The molecule has 0 fully saturated rings. The van der Waals surface area contributed by atoms with E-state index in [4.69, 9.17) is 4.42 Å². The first-order valence-corrected chi connectivity index (χ1v) is 18.9. The molecule has 2 heteroatoms. The van der Waals surface area contributed by atoms with Crippen LogP contribution >= 0.6 is 11.3 Å². The number of hydrogen-bond donors (Lipinski definition) is 0. The summed E-state index contributed by atoms with van der Waals surface area (Å²) < 4.78 is 8.18. The highest BCUT2D eigenvalue weighted by Crippen LogP contribution is 2.49. The quantitative estimate of drug-likeness (QED) is 0.125. The molecule has 2 aromatic heterocycles. The van der Waals surface area contributed by atoms with Crippen LogP contribution in [0, 0.1) is 0 Å². The zero-order chi connectivity index (χ0) is 35.5. The highest BCUT2D eigenvalue weighted by atomic mass is 32.1. The second kappa shape index (κ2) is 12.6. The average Bonchev–Trinajstić information content (AvgIpc) is 3.88. The molecule has 0 saturated heterocycles. The van der Waals surface area contributed by atoms with E-state index < -0.39 is 0 Å². The van der Waals surface area contributed by atoms with Crippen molar-refractivity contribution in [1.82, 2.24) is 0 Å². The summed E-state index contributed by atoms with van der Waals surface area (Å²) in [5.74, 6) is 0. The molecule has 0 amide bonds. The van der Waals surface area contributed by atoms with Crippen molar-refractivity contribution < 1.29 is 4.42 Å². The van der Waals surface area contributed by atoms with Crippen LogP contribution in [0.2, 0.25) is 0 Å². The lowest BCUT2D eigenvalue weighted by molar-refractivity contribution is 0.568. The topological polar surface area (TPSA) is 13.1 Å². The Kier molecular flexibility index (Phi) is 7.45. The van der Waals surface area contributed by atoms with Gasteiger partial charge in [0.2, 0.25) is 0 Å². The molecule has 10 rings (SSSR count). The van der Waals surface area contributed by atoms with Crippen LogP contribution in [-0.4, -0.2) is 0 Å². The minimum atomic E-state index is 1.10. The monoisotopic (exact) mass is 694 g/mol. The Balaban J connectivity index is 1.24. The van der Waals surface area contributed by atoms with Gasteiger partial charge in [-0.05, 0) is 96.0 Å². The van der Waals surface area contributed by atoms with Gasteiger partial charge in [0.25, 0.3) is 0 Å². The summed E-state index contributed by atoms with van der Waals surface area (Å²) in [5, 5.41) is 12.5. The van der Waals surface area contributed by atoms with Gasteiger partial charge >= 0.3 is 0 Å². The minimum absolute atomic E-state index is 1.10. The first-order chi connectivity index (χ1) is 26.2. The van der Waals surface area contributed by atoms with Crippen LogP contribution in [0.3, 0.4) is 0 Å². The van der Waals surface area contributed by atoms with Gasteiger partial charge in [0.05, 0.1) is 12.5 Å². The van der Waals surface area contributed by atoms with Crippen LogP contribution in [0.1, 0.15) is 12.5 Å². The van der Waals surface area contributed by atoms with Crippen molar-refractivity contribution in [3.05, 3.63) is 188 Å². The smallest absolute Gasteiger partial charge is 0.0981 e. The molecule has 250 valence electrons. The molecule has 0 aliphatic carbocycles. The number of hydrogen-bond acceptors (Lipinski definition) is 2. The highest BCUT2D eigenvalue weighted by Gasteiger charge is 2.21. The van der Waals surface area contributed by atoms with Gasteiger partial charge in [-0.2, -0.15) is 0 Å². The van der Waals surface area contributed by atoms with E-state index in [1.807, 2.05) is 29.8 Å². The number of allylic oxidation sites excluding steroid dienone is 5. The van der Waals surface area contributed by atoms with Crippen molar-refractivity contribution in [1.29, 1.82) is 0 Å². The fraction of sp³-hybridized carbons (Fsp3) is 0.0196. The minimum Gasteiger partial charge on any atom is -0.472 e. The molecule has 0 aliphatic heterocycles. The molecule has 0 bridgehead atoms. The first-order valence-electron chi connectivity index (χ1n) is 18.1. The molecule has 10 aromatic rings. The molecule has 1 nitrogen and oxygen atoms in total. The van der Waals surface area contributed by atoms with Gasteiger partial charge in [0, 0.05) is 36.9 Å². The molecule has 0 spiro atoms. The van der Waals surface area contributed by atoms with E-state index in [0.29, 0.717) is 0 Å². The maximum Gasteiger partial charge on any atom is 0.0981 e. The van der Waals surface area contributed by atoms with E-state index in [1.54, 1.807) is 6.26 Å². The third kappa shape index (κ3) is 4.84. The van der Waals surface area contributed by atoms with Gasteiger partial charge in [-0.3, -0.25) is 0 Å². The van der Waals surface area contributed by atoms with Crippen LogP contribution in [0.25, 0.3) is 102 Å². The first kappa shape index (κ1) is 31.3.